The van der Waals surface area contributed by atoms with Crippen LogP contribution in [0, 0.1) is 15.9 Å². The highest BCUT2D eigenvalue weighted by Crippen LogP contribution is 2.10. The van der Waals surface area contributed by atoms with E-state index in [1.54, 1.807) is 0 Å². The van der Waals surface area contributed by atoms with Crippen LogP contribution in [0.1, 0.15) is 0 Å². The van der Waals surface area contributed by atoms with Crippen LogP contribution in [-0.2, 0) is 0 Å². The van der Waals surface area contributed by atoms with Crippen molar-refractivity contribution in [2.75, 3.05) is 0 Å². The minimum atomic E-state index is -0.636. The van der Waals surface area contributed by atoms with Gasteiger partial charge < -0.3 is 0 Å². The Bertz CT molecular complexity index is 491. The molecule has 5 heteroatoms. The molecule has 2 aromatic rings. The Morgan fingerprint density at radius 1 is 1.06 bits per heavy atom. The third-order valence-corrected chi connectivity index (χ3v) is 2.07. The van der Waals surface area contributed by atoms with E-state index in [9.17, 15) is 14.5 Å². The summed E-state index contributed by atoms with van der Waals surface area (Å²) >= 11 is 4.08. The number of rotatable bonds is 1. The molecule has 0 N–H and O–H groups in total. The summed E-state index contributed by atoms with van der Waals surface area (Å²) in [4.78, 5) is 10.4. The van der Waals surface area contributed by atoms with Gasteiger partial charge in [0.15, 0.2) is 0 Å². The largest absolute Gasteiger partial charge is 0.272 e. The van der Waals surface area contributed by atoms with Crippen LogP contribution >= 0.6 is 12.6 Å². The van der Waals surface area contributed by atoms with Gasteiger partial charge in [-0.1, -0.05) is 24.3 Å². The SMILES string of the molecule is O=[N+]([O-])c1cccc(F)c1.Sc1ccccc1. The van der Waals surface area contributed by atoms with E-state index in [-0.39, 0.29) is 5.69 Å². The summed E-state index contributed by atoms with van der Waals surface area (Å²) in [6, 6.07) is 14.4. The monoisotopic (exact) mass is 251 g/mol. The smallest absolute Gasteiger partial charge is 0.258 e. The Hall–Kier alpha value is -1.88. The van der Waals surface area contributed by atoms with Gasteiger partial charge in [-0.05, 0) is 18.2 Å². The van der Waals surface area contributed by atoms with E-state index in [1.807, 2.05) is 30.3 Å². The average Bonchev–Trinajstić information content (AvgIpc) is 2.31. The van der Waals surface area contributed by atoms with Crippen LogP contribution in [-0.4, -0.2) is 4.92 Å². The highest BCUT2D eigenvalue weighted by molar-refractivity contribution is 7.80. The molecule has 0 unspecified atom stereocenters. The predicted octanol–water partition coefficient (Wildman–Crippen LogP) is 3.71. The van der Waals surface area contributed by atoms with Gasteiger partial charge in [0.25, 0.3) is 5.69 Å². The van der Waals surface area contributed by atoms with E-state index >= 15 is 0 Å². The lowest BCUT2D eigenvalue weighted by Gasteiger charge is -1.88. The quantitative estimate of drug-likeness (QED) is 0.477. The first kappa shape index (κ1) is 13.2. The molecule has 0 amide bonds. The van der Waals surface area contributed by atoms with E-state index in [2.05, 4.69) is 12.6 Å². The number of nitro benzene ring substituents is 1. The van der Waals surface area contributed by atoms with E-state index in [1.165, 1.54) is 12.1 Å². The average molecular weight is 251 g/mol. The number of halogens is 1. The fraction of sp³-hybridized carbons (Fsp3) is 0. The minimum absolute atomic E-state index is 0.222. The Morgan fingerprint density at radius 3 is 2.06 bits per heavy atom. The third-order valence-electron chi connectivity index (χ3n) is 1.78. The molecule has 2 rings (SSSR count). The number of hydrogen-bond donors (Lipinski definition) is 1. The molecule has 0 saturated carbocycles. The fourth-order valence-corrected chi connectivity index (χ4v) is 1.19. The molecule has 0 aliphatic carbocycles. The molecule has 2 aromatic carbocycles. The van der Waals surface area contributed by atoms with Gasteiger partial charge in [0, 0.05) is 11.0 Å². The second-order valence-electron chi connectivity index (χ2n) is 3.07. The number of thiol groups is 1. The van der Waals surface area contributed by atoms with Gasteiger partial charge in [-0.2, -0.15) is 0 Å². The Kier molecular flexibility index (Phi) is 5.16. The van der Waals surface area contributed by atoms with E-state index in [0.717, 1.165) is 17.0 Å². The molecule has 0 radical (unpaired) electrons. The standard InChI is InChI=1S/C6H4FNO2.C6H6S/c7-5-2-1-3-6(4-5)8(9)10;7-6-4-2-1-3-5-6/h1-4H;1-5,7H. The number of non-ortho nitro benzene ring substituents is 1. The molecule has 88 valence electrons. The van der Waals surface area contributed by atoms with Crippen molar-refractivity contribution in [3.8, 4) is 0 Å². The molecule has 0 fully saturated rings. The summed E-state index contributed by atoms with van der Waals surface area (Å²) in [5, 5.41) is 9.99. The molecular weight excluding hydrogens is 241 g/mol. The van der Waals surface area contributed by atoms with Crippen molar-refractivity contribution in [3.63, 3.8) is 0 Å². The molecule has 0 spiro atoms. The van der Waals surface area contributed by atoms with Crippen LogP contribution < -0.4 is 0 Å². The molecule has 0 aliphatic rings. The predicted molar refractivity (Wildman–Crippen MR) is 66.7 cm³/mol. The third kappa shape index (κ3) is 5.12. The second-order valence-corrected chi connectivity index (χ2v) is 3.59. The lowest BCUT2D eigenvalue weighted by Crippen LogP contribution is -1.87. The van der Waals surface area contributed by atoms with Crippen LogP contribution in [0.4, 0.5) is 10.1 Å². The van der Waals surface area contributed by atoms with Crippen molar-refractivity contribution >= 4 is 18.3 Å². The summed E-state index contributed by atoms with van der Waals surface area (Å²) in [6.07, 6.45) is 0. The zero-order valence-corrected chi connectivity index (χ0v) is 9.68. The van der Waals surface area contributed by atoms with Crippen LogP contribution in [0.3, 0.4) is 0 Å². The number of hydrogen-bond acceptors (Lipinski definition) is 3. The van der Waals surface area contributed by atoms with Gasteiger partial charge in [0.05, 0.1) is 11.0 Å². The Labute approximate surface area is 103 Å². The molecule has 3 nitrogen and oxygen atoms in total. The normalized spacial score (nSPS) is 9.06. The molecule has 0 aliphatic heterocycles. The molecule has 0 bridgehead atoms. The van der Waals surface area contributed by atoms with Crippen molar-refractivity contribution in [2.45, 2.75) is 4.90 Å². The molecule has 17 heavy (non-hydrogen) atoms. The van der Waals surface area contributed by atoms with Crippen molar-refractivity contribution < 1.29 is 9.31 Å². The summed E-state index contributed by atoms with van der Waals surface area (Å²) in [5.41, 5.74) is -0.222. The van der Waals surface area contributed by atoms with Gasteiger partial charge in [-0.15, -0.1) is 12.6 Å². The van der Waals surface area contributed by atoms with Crippen molar-refractivity contribution in [2.24, 2.45) is 0 Å². The molecule has 0 atom stereocenters. The Balaban J connectivity index is 0.000000181. The molecule has 0 saturated heterocycles. The van der Waals surface area contributed by atoms with Gasteiger partial charge in [0.1, 0.15) is 5.82 Å². The second kappa shape index (κ2) is 6.65. The van der Waals surface area contributed by atoms with Gasteiger partial charge in [-0.3, -0.25) is 10.1 Å². The first-order valence-corrected chi connectivity index (χ1v) is 5.18. The van der Waals surface area contributed by atoms with Gasteiger partial charge in [0.2, 0.25) is 0 Å². The summed E-state index contributed by atoms with van der Waals surface area (Å²) in [6.45, 7) is 0. The first-order valence-electron chi connectivity index (χ1n) is 4.73. The van der Waals surface area contributed by atoms with E-state index in [4.69, 9.17) is 0 Å². The number of nitro groups is 1. The maximum Gasteiger partial charge on any atom is 0.272 e. The van der Waals surface area contributed by atoms with Crippen molar-refractivity contribution in [1.29, 1.82) is 0 Å². The van der Waals surface area contributed by atoms with Crippen LogP contribution in [0.2, 0.25) is 0 Å². The van der Waals surface area contributed by atoms with Gasteiger partial charge in [-0.25, -0.2) is 4.39 Å². The topological polar surface area (TPSA) is 43.1 Å². The van der Waals surface area contributed by atoms with Crippen LogP contribution in [0.15, 0.2) is 59.5 Å². The maximum atomic E-state index is 12.2. The first-order chi connectivity index (χ1) is 8.09. The van der Waals surface area contributed by atoms with Gasteiger partial charge >= 0.3 is 0 Å². The summed E-state index contributed by atoms with van der Waals surface area (Å²) in [7, 11) is 0. The highest BCUT2D eigenvalue weighted by atomic mass is 32.1. The lowest BCUT2D eigenvalue weighted by molar-refractivity contribution is -0.385. The van der Waals surface area contributed by atoms with E-state index < -0.39 is 10.7 Å². The van der Waals surface area contributed by atoms with Crippen LogP contribution in [0.25, 0.3) is 0 Å². The Morgan fingerprint density at radius 2 is 1.71 bits per heavy atom. The molecule has 0 heterocycles. The lowest BCUT2D eigenvalue weighted by atomic mass is 10.3. The molecule has 0 aromatic heterocycles. The van der Waals surface area contributed by atoms with E-state index in [0.29, 0.717) is 0 Å². The van der Waals surface area contributed by atoms with Crippen molar-refractivity contribution in [3.05, 3.63) is 70.5 Å². The summed E-state index contributed by atoms with van der Waals surface area (Å²) < 4.78 is 12.2. The minimum Gasteiger partial charge on any atom is -0.258 e. The fourth-order valence-electron chi connectivity index (χ4n) is 1.02. The van der Waals surface area contributed by atoms with Crippen LogP contribution in [0.5, 0.6) is 0 Å². The summed E-state index contributed by atoms with van der Waals surface area (Å²) in [5.74, 6) is -0.589. The zero-order chi connectivity index (χ0) is 12.7. The highest BCUT2D eigenvalue weighted by Gasteiger charge is 2.03. The zero-order valence-electron chi connectivity index (χ0n) is 8.79. The molecular formula is C12H10FNO2S. The maximum absolute atomic E-state index is 12.2. The number of nitrogens with zero attached hydrogens (tertiary/aromatic N) is 1. The van der Waals surface area contributed by atoms with Crippen molar-refractivity contribution in [1.82, 2.24) is 0 Å². The number of benzene rings is 2.